The Morgan fingerprint density at radius 2 is 2.05 bits per heavy atom. The Bertz CT molecular complexity index is 772. The minimum atomic E-state index is -0.736. The Kier molecular flexibility index (Phi) is 4.19. The van der Waals surface area contributed by atoms with Crippen LogP contribution in [0.5, 0.6) is 11.5 Å². The maximum absolute atomic E-state index is 14.1. The van der Waals surface area contributed by atoms with Crippen LogP contribution in [0.4, 0.5) is 10.1 Å². The van der Waals surface area contributed by atoms with Gasteiger partial charge < -0.3 is 4.74 Å². The van der Waals surface area contributed by atoms with E-state index in [1.807, 2.05) is 6.07 Å². The second kappa shape index (κ2) is 5.89. The quantitative estimate of drug-likeness (QED) is 0.604. The molecule has 0 aliphatic rings. The number of hydrogen-bond donors (Lipinski definition) is 0. The predicted octanol–water partition coefficient (Wildman–Crippen LogP) is 4.47. The normalized spacial score (nSPS) is 10.0. The van der Waals surface area contributed by atoms with Crippen LogP contribution in [0.25, 0.3) is 0 Å². The van der Waals surface area contributed by atoms with Crippen LogP contribution in [-0.2, 0) is 0 Å². The summed E-state index contributed by atoms with van der Waals surface area (Å²) in [6.07, 6.45) is 0. The summed E-state index contributed by atoms with van der Waals surface area (Å²) in [5.74, 6) is -0.677. The Morgan fingerprint density at radius 1 is 1.33 bits per heavy atom. The van der Waals surface area contributed by atoms with Gasteiger partial charge in [-0.1, -0.05) is 6.07 Å². The Labute approximate surface area is 127 Å². The van der Waals surface area contributed by atoms with Gasteiger partial charge in [0.15, 0.2) is 11.6 Å². The molecule has 0 atom stereocenters. The Hall–Kier alpha value is -2.46. The molecule has 0 radical (unpaired) electrons. The van der Waals surface area contributed by atoms with Gasteiger partial charge in [0.2, 0.25) is 0 Å². The first-order valence-electron chi connectivity index (χ1n) is 5.75. The molecule has 0 aliphatic carbocycles. The van der Waals surface area contributed by atoms with Crippen LogP contribution < -0.4 is 4.74 Å². The summed E-state index contributed by atoms with van der Waals surface area (Å²) >= 11 is 2.98. The number of halogens is 2. The second-order valence-corrected chi connectivity index (χ2v) is 4.90. The lowest BCUT2D eigenvalue weighted by atomic mass is 10.2. The molecule has 2 aromatic carbocycles. The van der Waals surface area contributed by atoms with Gasteiger partial charge in [0.05, 0.1) is 20.5 Å². The Morgan fingerprint density at radius 3 is 2.67 bits per heavy atom. The molecular weight excluding hydrogens is 343 g/mol. The van der Waals surface area contributed by atoms with E-state index in [0.717, 1.165) is 0 Å². The molecule has 5 nitrogen and oxygen atoms in total. The van der Waals surface area contributed by atoms with E-state index in [2.05, 4.69) is 15.9 Å². The zero-order chi connectivity index (χ0) is 15.6. The van der Waals surface area contributed by atoms with E-state index in [9.17, 15) is 14.5 Å². The van der Waals surface area contributed by atoms with Gasteiger partial charge in [0.25, 0.3) is 5.69 Å². The molecule has 21 heavy (non-hydrogen) atoms. The number of nitrogens with zero attached hydrogens (tertiary/aromatic N) is 2. The van der Waals surface area contributed by atoms with Crippen molar-refractivity contribution in [3.63, 3.8) is 0 Å². The SMILES string of the molecule is Cc1c(Oc2ccc(C#N)c(Br)c2F)cccc1[N+](=O)[O-]. The van der Waals surface area contributed by atoms with Crippen LogP contribution >= 0.6 is 15.9 Å². The summed E-state index contributed by atoms with van der Waals surface area (Å²) in [4.78, 5) is 10.3. The van der Waals surface area contributed by atoms with Crippen molar-refractivity contribution in [3.05, 3.63) is 61.9 Å². The summed E-state index contributed by atoms with van der Waals surface area (Å²) in [6, 6.07) is 8.84. The zero-order valence-electron chi connectivity index (χ0n) is 10.8. The number of benzene rings is 2. The van der Waals surface area contributed by atoms with Gasteiger partial charge in [0, 0.05) is 6.07 Å². The van der Waals surface area contributed by atoms with Gasteiger partial charge >= 0.3 is 0 Å². The molecule has 2 aromatic rings. The topological polar surface area (TPSA) is 76.2 Å². The van der Waals surface area contributed by atoms with Crippen molar-refractivity contribution in [2.75, 3.05) is 0 Å². The third-order valence-corrected chi connectivity index (χ3v) is 3.61. The van der Waals surface area contributed by atoms with E-state index in [-0.39, 0.29) is 27.2 Å². The lowest BCUT2D eigenvalue weighted by Crippen LogP contribution is -1.96. The number of ether oxygens (including phenoxy) is 1. The van der Waals surface area contributed by atoms with Gasteiger partial charge in [-0.25, -0.2) is 4.39 Å². The lowest BCUT2D eigenvalue weighted by molar-refractivity contribution is -0.385. The van der Waals surface area contributed by atoms with Gasteiger partial charge in [-0.05, 0) is 41.1 Å². The zero-order valence-corrected chi connectivity index (χ0v) is 12.3. The smallest absolute Gasteiger partial charge is 0.276 e. The first-order chi connectivity index (χ1) is 9.95. The molecule has 2 rings (SSSR count). The predicted molar refractivity (Wildman–Crippen MR) is 76.7 cm³/mol. The average Bonchev–Trinajstić information content (AvgIpc) is 2.46. The molecular formula is C14H8BrFN2O3. The highest BCUT2D eigenvalue weighted by Crippen LogP contribution is 2.35. The maximum atomic E-state index is 14.1. The largest absolute Gasteiger partial charge is 0.454 e. The summed E-state index contributed by atoms with van der Waals surface area (Å²) in [5.41, 5.74) is 0.318. The molecule has 0 spiro atoms. The molecule has 7 heteroatoms. The van der Waals surface area contributed by atoms with E-state index in [0.29, 0.717) is 5.56 Å². The van der Waals surface area contributed by atoms with Gasteiger partial charge in [-0.2, -0.15) is 5.26 Å². The van der Waals surface area contributed by atoms with Crippen LogP contribution in [0.1, 0.15) is 11.1 Å². The van der Waals surface area contributed by atoms with Crippen molar-refractivity contribution < 1.29 is 14.1 Å². The third kappa shape index (κ3) is 2.85. The van der Waals surface area contributed by atoms with E-state index < -0.39 is 10.7 Å². The minimum absolute atomic E-state index is 0.00872. The molecule has 0 bridgehead atoms. The summed E-state index contributed by atoms with van der Waals surface area (Å²) in [6.45, 7) is 1.52. The second-order valence-electron chi connectivity index (χ2n) is 4.11. The molecule has 0 aliphatic heterocycles. The van der Waals surface area contributed by atoms with Crippen molar-refractivity contribution in [2.45, 2.75) is 6.92 Å². The highest BCUT2D eigenvalue weighted by Gasteiger charge is 2.17. The standard InChI is InChI=1S/C14H8BrFN2O3/c1-8-10(18(19)20)3-2-4-11(8)21-12-6-5-9(7-17)13(15)14(12)16/h2-6H,1H3. The number of nitro benzene ring substituents is 1. The molecule has 106 valence electrons. The number of rotatable bonds is 3. The average molecular weight is 351 g/mol. The molecule has 0 N–H and O–H groups in total. The summed E-state index contributed by atoms with van der Waals surface area (Å²) in [7, 11) is 0. The van der Waals surface area contributed by atoms with Crippen molar-refractivity contribution in [1.82, 2.24) is 0 Å². The van der Waals surface area contributed by atoms with Crippen LogP contribution in [0, 0.1) is 34.2 Å². The monoisotopic (exact) mass is 350 g/mol. The van der Waals surface area contributed by atoms with E-state index in [1.54, 1.807) is 0 Å². The molecule has 0 unspecified atom stereocenters. The van der Waals surface area contributed by atoms with Crippen molar-refractivity contribution in [2.24, 2.45) is 0 Å². The molecule has 0 fully saturated rings. The van der Waals surface area contributed by atoms with E-state index >= 15 is 0 Å². The molecule has 0 saturated heterocycles. The fourth-order valence-corrected chi connectivity index (χ4v) is 2.14. The van der Waals surface area contributed by atoms with Crippen LogP contribution in [0.2, 0.25) is 0 Å². The van der Waals surface area contributed by atoms with Crippen LogP contribution in [0.15, 0.2) is 34.8 Å². The van der Waals surface area contributed by atoms with Gasteiger partial charge in [0.1, 0.15) is 11.8 Å². The van der Waals surface area contributed by atoms with Crippen molar-refractivity contribution in [3.8, 4) is 17.6 Å². The third-order valence-electron chi connectivity index (χ3n) is 2.84. The fraction of sp³-hybridized carbons (Fsp3) is 0.0714. The first kappa shape index (κ1) is 14.9. The molecule has 0 saturated carbocycles. The highest BCUT2D eigenvalue weighted by atomic mass is 79.9. The van der Waals surface area contributed by atoms with Crippen LogP contribution in [-0.4, -0.2) is 4.92 Å². The fourth-order valence-electron chi connectivity index (χ4n) is 1.73. The first-order valence-corrected chi connectivity index (χ1v) is 6.55. The minimum Gasteiger partial charge on any atom is -0.454 e. The molecule has 0 amide bonds. The number of nitro groups is 1. The highest BCUT2D eigenvalue weighted by molar-refractivity contribution is 9.10. The molecule has 0 heterocycles. The lowest BCUT2D eigenvalue weighted by Gasteiger charge is -2.10. The Balaban J connectivity index is 2.45. The van der Waals surface area contributed by atoms with Crippen LogP contribution in [0.3, 0.4) is 0 Å². The summed E-state index contributed by atoms with van der Waals surface area (Å²) in [5, 5.41) is 19.7. The van der Waals surface area contributed by atoms with Crippen molar-refractivity contribution in [1.29, 1.82) is 5.26 Å². The number of hydrogen-bond acceptors (Lipinski definition) is 4. The van der Waals surface area contributed by atoms with E-state index in [1.165, 1.54) is 37.3 Å². The summed E-state index contributed by atoms with van der Waals surface area (Å²) < 4.78 is 19.5. The maximum Gasteiger partial charge on any atom is 0.276 e. The van der Waals surface area contributed by atoms with Crippen molar-refractivity contribution >= 4 is 21.6 Å². The number of nitriles is 1. The van der Waals surface area contributed by atoms with Gasteiger partial charge in [-0.3, -0.25) is 10.1 Å². The molecule has 0 aromatic heterocycles. The van der Waals surface area contributed by atoms with E-state index in [4.69, 9.17) is 10.00 Å². The van der Waals surface area contributed by atoms with Gasteiger partial charge in [-0.15, -0.1) is 0 Å².